The predicted octanol–water partition coefficient (Wildman–Crippen LogP) is 4.64. The minimum absolute atomic E-state index is 0.0891. The number of fused-ring (bicyclic) bond motifs is 1. The number of nitrogens with two attached hydrogens (primary N) is 1. The van der Waals surface area contributed by atoms with Gasteiger partial charge in [-0.05, 0) is 62.0 Å². The Bertz CT molecular complexity index is 606. The van der Waals surface area contributed by atoms with Gasteiger partial charge in [0.05, 0.1) is 9.83 Å². The average Bonchev–Trinajstić information content (AvgIpc) is 2.90. The van der Waals surface area contributed by atoms with Crippen molar-refractivity contribution in [2.75, 3.05) is 0 Å². The molecule has 2 unspecified atom stereocenters. The number of hydrogen-bond donors (Lipinski definition) is 1. The Hall–Kier alpha value is -0.360. The second-order valence-corrected chi connectivity index (χ2v) is 8.00. The van der Waals surface area contributed by atoms with Crippen molar-refractivity contribution in [1.82, 2.24) is 0 Å². The summed E-state index contributed by atoms with van der Waals surface area (Å²) in [6, 6.07) is 8.25. The fraction of sp³-hybridized carbons (Fsp3) is 0.286. The highest BCUT2D eigenvalue weighted by Crippen LogP contribution is 2.38. The number of thiophene rings is 1. The van der Waals surface area contributed by atoms with Crippen molar-refractivity contribution >= 4 is 43.2 Å². The molecule has 2 aromatic rings. The summed E-state index contributed by atoms with van der Waals surface area (Å²) < 4.78 is 7.85. The second kappa shape index (κ2) is 5.20. The molecule has 2 atom stereocenters. The van der Waals surface area contributed by atoms with Crippen LogP contribution in [0.1, 0.15) is 29.0 Å². The van der Waals surface area contributed by atoms with Crippen molar-refractivity contribution in [3.8, 4) is 5.75 Å². The first-order valence-electron chi connectivity index (χ1n) is 6.04. The van der Waals surface area contributed by atoms with Crippen LogP contribution in [0.3, 0.4) is 0 Å². The van der Waals surface area contributed by atoms with Crippen LogP contribution < -0.4 is 10.5 Å². The van der Waals surface area contributed by atoms with E-state index in [-0.39, 0.29) is 12.1 Å². The molecule has 0 amide bonds. The summed E-state index contributed by atoms with van der Waals surface area (Å²) in [5, 5.41) is 0. The first-order valence-corrected chi connectivity index (χ1v) is 8.44. The van der Waals surface area contributed by atoms with E-state index in [1.165, 1.54) is 5.56 Å². The Morgan fingerprint density at radius 1 is 1.37 bits per heavy atom. The van der Waals surface area contributed by atoms with Gasteiger partial charge in [0.1, 0.15) is 11.9 Å². The SMILES string of the molecule is CC1Cc2cc(C(N)c3cc(Br)c(Br)s3)ccc2O1. The summed E-state index contributed by atoms with van der Waals surface area (Å²) in [5.41, 5.74) is 8.75. The van der Waals surface area contributed by atoms with E-state index in [0.29, 0.717) is 0 Å². The predicted molar refractivity (Wildman–Crippen MR) is 86.0 cm³/mol. The minimum Gasteiger partial charge on any atom is -0.490 e. The van der Waals surface area contributed by atoms with Crippen LogP contribution in [0.25, 0.3) is 0 Å². The van der Waals surface area contributed by atoms with Gasteiger partial charge in [-0.15, -0.1) is 11.3 Å². The molecule has 2 heterocycles. The highest BCUT2D eigenvalue weighted by molar-refractivity contribution is 9.13. The fourth-order valence-corrected chi connectivity index (χ4v) is 4.44. The average molecular weight is 403 g/mol. The van der Waals surface area contributed by atoms with Crippen molar-refractivity contribution in [2.45, 2.75) is 25.5 Å². The number of hydrogen-bond acceptors (Lipinski definition) is 3. The summed E-state index contributed by atoms with van der Waals surface area (Å²) in [4.78, 5) is 1.14. The Morgan fingerprint density at radius 2 is 2.16 bits per heavy atom. The summed E-state index contributed by atoms with van der Waals surface area (Å²) in [6.07, 6.45) is 1.24. The summed E-state index contributed by atoms with van der Waals surface area (Å²) in [5.74, 6) is 0.997. The van der Waals surface area contributed by atoms with Crippen molar-refractivity contribution in [2.24, 2.45) is 5.73 Å². The van der Waals surface area contributed by atoms with Gasteiger partial charge in [0, 0.05) is 15.8 Å². The van der Waals surface area contributed by atoms with Gasteiger partial charge in [-0.2, -0.15) is 0 Å². The maximum atomic E-state index is 6.36. The minimum atomic E-state index is -0.0891. The Morgan fingerprint density at radius 3 is 2.84 bits per heavy atom. The third-order valence-electron chi connectivity index (χ3n) is 3.25. The van der Waals surface area contributed by atoms with Crippen LogP contribution in [0.4, 0.5) is 0 Å². The molecule has 0 saturated carbocycles. The number of ether oxygens (including phenoxy) is 1. The molecule has 1 aromatic heterocycles. The van der Waals surface area contributed by atoms with Gasteiger partial charge in [-0.3, -0.25) is 0 Å². The molecule has 3 rings (SSSR count). The molecule has 1 aliphatic rings. The molecule has 0 bridgehead atoms. The second-order valence-electron chi connectivity index (χ2n) is 4.75. The molecule has 0 saturated heterocycles. The highest BCUT2D eigenvalue weighted by atomic mass is 79.9. The van der Waals surface area contributed by atoms with Crippen LogP contribution in [0.5, 0.6) is 5.75 Å². The molecule has 1 aliphatic heterocycles. The zero-order valence-corrected chi connectivity index (χ0v) is 14.3. The number of rotatable bonds is 2. The van der Waals surface area contributed by atoms with Crippen LogP contribution in [-0.4, -0.2) is 6.10 Å². The monoisotopic (exact) mass is 401 g/mol. The molecule has 100 valence electrons. The molecular formula is C14H13Br2NOS. The van der Waals surface area contributed by atoms with Crippen LogP contribution in [0.2, 0.25) is 0 Å². The lowest BCUT2D eigenvalue weighted by Crippen LogP contribution is -2.10. The van der Waals surface area contributed by atoms with Crippen LogP contribution in [0.15, 0.2) is 32.5 Å². The maximum Gasteiger partial charge on any atom is 0.123 e. The quantitative estimate of drug-likeness (QED) is 0.793. The highest BCUT2D eigenvalue weighted by Gasteiger charge is 2.21. The van der Waals surface area contributed by atoms with Crippen molar-refractivity contribution in [3.05, 3.63) is 48.5 Å². The molecule has 5 heteroatoms. The Labute approximate surface area is 133 Å². The molecule has 0 fully saturated rings. The third kappa shape index (κ3) is 2.61. The molecule has 19 heavy (non-hydrogen) atoms. The van der Waals surface area contributed by atoms with E-state index in [1.807, 2.05) is 6.07 Å². The van der Waals surface area contributed by atoms with Gasteiger partial charge in [-0.1, -0.05) is 12.1 Å². The first-order chi connectivity index (χ1) is 9.04. The zero-order valence-electron chi connectivity index (χ0n) is 10.3. The van der Waals surface area contributed by atoms with E-state index < -0.39 is 0 Å². The summed E-state index contributed by atoms with van der Waals surface area (Å²) in [7, 11) is 0. The smallest absolute Gasteiger partial charge is 0.123 e. The topological polar surface area (TPSA) is 35.2 Å². The molecule has 1 aromatic carbocycles. The number of halogens is 2. The van der Waals surface area contributed by atoms with Crippen LogP contribution >= 0.6 is 43.2 Å². The van der Waals surface area contributed by atoms with E-state index in [1.54, 1.807) is 11.3 Å². The van der Waals surface area contributed by atoms with E-state index in [2.05, 4.69) is 57.0 Å². The lowest BCUT2D eigenvalue weighted by molar-refractivity contribution is 0.254. The van der Waals surface area contributed by atoms with Gasteiger partial charge < -0.3 is 10.5 Å². The molecule has 0 spiro atoms. The van der Waals surface area contributed by atoms with E-state index in [9.17, 15) is 0 Å². The molecule has 0 aliphatic carbocycles. The third-order valence-corrected chi connectivity index (χ3v) is 6.59. The van der Waals surface area contributed by atoms with Gasteiger partial charge in [0.2, 0.25) is 0 Å². The molecule has 2 nitrogen and oxygen atoms in total. The maximum absolute atomic E-state index is 6.36. The first kappa shape index (κ1) is 13.6. The van der Waals surface area contributed by atoms with E-state index >= 15 is 0 Å². The van der Waals surface area contributed by atoms with Crippen molar-refractivity contribution in [1.29, 1.82) is 0 Å². The van der Waals surface area contributed by atoms with E-state index in [0.717, 1.165) is 30.9 Å². The van der Waals surface area contributed by atoms with Crippen LogP contribution in [0, 0.1) is 0 Å². The van der Waals surface area contributed by atoms with Gasteiger partial charge in [0.25, 0.3) is 0 Å². The lowest BCUT2D eigenvalue weighted by Gasteiger charge is -2.11. The van der Waals surface area contributed by atoms with Gasteiger partial charge in [0.15, 0.2) is 0 Å². The molecule has 0 radical (unpaired) electrons. The standard InChI is InChI=1S/C14H13Br2NOS/c1-7-4-9-5-8(2-3-11(9)18-7)13(17)12-6-10(15)14(16)19-12/h2-3,5-7,13H,4,17H2,1H3. The number of benzene rings is 1. The lowest BCUT2D eigenvalue weighted by atomic mass is 10.0. The van der Waals surface area contributed by atoms with Crippen molar-refractivity contribution in [3.63, 3.8) is 0 Å². The van der Waals surface area contributed by atoms with Gasteiger partial charge >= 0.3 is 0 Å². The van der Waals surface area contributed by atoms with E-state index in [4.69, 9.17) is 10.5 Å². The molecule has 2 N–H and O–H groups in total. The largest absolute Gasteiger partial charge is 0.490 e. The van der Waals surface area contributed by atoms with Crippen molar-refractivity contribution < 1.29 is 4.74 Å². The zero-order chi connectivity index (χ0) is 13.6. The normalized spacial score (nSPS) is 19.1. The van der Waals surface area contributed by atoms with Crippen LogP contribution in [-0.2, 0) is 6.42 Å². The Kier molecular flexibility index (Phi) is 3.73. The molecular weight excluding hydrogens is 390 g/mol. The summed E-state index contributed by atoms with van der Waals surface area (Å²) >= 11 is 8.68. The Balaban J connectivity index is 1.92. The van der Waals surface area contributed by atoms with Gasteiger partial charge in [-0.25, -0.2) is 0 Å². The summed E-state index contributed by atoms with van der Waals surface area (Å²) in [6.45, 7) is 2.09. The fourth-order valence-electron chi connectivity index (χ4n) is 2.32.